The van der Waals surface area contributed by atoms with Crippen molar-refractivity contribution in [2.75, 3.05) is 0 Å². The van der Waals surface area contributed by atoms with Crippen molar-refractivity contribution >= 4 is 45.0 Å². The molecule has 0 radical (unpaired) electrons. The van der Waals surface area contributed by atoms with E-state index in [2.05, 4.69) is 5.32 Å². The average molecular weight is 361 g/mol. The third-order valence-electron chi connectivity index (χ3n) is 5.50. The second kappa shape index (κ2) is 4.96. The van der Waals surface area contributed by atoms with Crippen LogP contribution in [0.4, 0.5) is 4.79 Å². The van der Waals surface area contributed by atoms with Gasteiger partial charge in [-0.2, -0.15) is 0 Å². The molecule has 2 saturated carbocycles. The second-order valence-electron chi connectivity index (χ2n) is 7.07. The van der Waals surface area contributed by atoms with Crippen LogP contribution >= 0.6 is 22.9 Å². The Balaban J connectivity index is 1.49. The predicted octanol–water partition coefficient (Wildman–Crippen LogP) is 4.17. The summed E-state index contributed by atoms with van der Waals surface area (Å²) in [5.41, 5.74) is -0.625. The highest BCUT2D eigenvalue weighted by Gasteiger charge is 2.65. The molecule has 1 saturated heterocycles. The normalized spacial score (nSPS) is 23.1. The van der Waals surface area contributed by atoms with E-state index in [0.29, 0.717) is 16.9 Å². The van der Waals surface area contributed by atoms with Crippen LogP contribution in [-0.2, 0) is 11.3 Å². The fraction of sp³-hybridized carbons (Fsp3) is 0.444. The fourth-order valence-corrected chi connectivity index (χ4v) is 5.51. The van der Waals surface area contributed by atoms with Crippen LogP contribution in [0.3, 0.4) is 0 Å². The zero-order valence-electron chi connectivity index (χ0n) is 13.0. The van der Waals surface area contributed by atoms with Crippen molar-refractivity contribution in [1.29, 1.82) is 0 Å². The number of rotatable bonds is 4. The standard InChI is InChI=1S/C18H17ClN2O2S/c19-15-12-3-1-2-4-13(12)24-14(15)9-21-16(22)18(10-5-6-10,11-7-8-11)20-17(21)23/h1-4,10-11H,5-9H2,(H,20,23). The second-order valence-corrected chi connectivity index (χ2v) is 8.59. The van der Waals surface area contributed by atoms with E-state index >= 15 is 0 Å². The zero-order chi connectivity index (χ0) is 16.5. The van der Waals surface area contributed by atoms with Gasteiger partial charge in [0.05, 0.1) is 11.6 Å². The van der Waals surface area contributed by atoms with Crippen molar-refractivity contribution in [3.8, 4) is 0 Å². The summed E-state index contributed by atoms with van der Waals surface area (Å²) >= 11 is 8.05. The molecular formula is C18H17ClN2O2S. The van der Waals surface area contributed by atoms with Crippen molar-refractivity contribution in [1.82, 2.24) is 10.2 Å². The Morgan fingerprint density at radius 1 is 1.17 bits per heavy atom. The Morgan fingerprint density at radius 3 is 2.46 bits per heavy atom. The van der Waals surface area contributed by atoms with Crippen LogP contribution in [0, 0.1) is 11.8 Å². The van der Waals surface area contributed by atoms with Gasteiger partial charge in [-0.1, -0.05) is 29.8 Å². The van der Waals surface area contributed by atoms with Gasteiger partial charge in [0.1, 0.15) is 5.54 Å². The van der Waals surface area contributed by atoms with E-state index in [0.717, 1.165) is 40.6 Å². The van der Waals surface area contributed by atoms with Gasteiger partial charge >= 0.3 is 6.03 Å². The lowest BCUT2D eigenvalue weighted by atomic mass is 9.87. The van der Waals surface area contributed by atoms with Gasteiger partial charge in [-0.25, -0.2) is 4.79 Å². The first-order chi connectivity index (χ1) is 11.6. The van der Waals surface area contributed by atoms with Gasteiger partial charge in [0.15, 0.2) is 0 Å². The van der Waals surface area contributed by atoms with Gasteiger partial charge in [0, 0.05) is 15.0 Å². The minimum absolute atomic E-state index is 0.0361. The number of carbonyl (C=O) groups is 2. The first-order valence-electron chi connectivity index (χ1n) is 8.41. The van der Waals surface area contributed by atoms with Crippen LogP contribution < -0.4 is 5.32 Å². The number of fused-ring (bicyclic) bond motifs is 1. The third-order valence-corrected chi connectivity index (χ3v) is 7.20. The van der Waals surface area contributed by atoms with Gasteiger partial charge in [-0.3, -0.25) is 9.69 Å². The molecule has 5 rings (SSSR count). The lowest BCUT2D eigenvalue weighted by Crippen LogP contribution is -2.51. The van der Waals surface area contributed by atoms with Crippen LogP contribution in [0.5, 0.6) is 0 Å². The Morgan fingerprint density at radius 2 is 1.83 bits per heavy atom. The monoisotopic (exact) mass is 360 g/mol. The molecule has 2 aromatic rings. The van der Waals surface area contributed by atoms with Crippen molar-refractivity contribution in [3.63, 3.8) is 0 Å². The molecule has 2 aliphatic carbocycles. The number of amides is 3. The Kier molecular flexibility index (Phi) is 3.04. The van der Waals surface area contributed by atoms with Crippen LogP contribution in [0.2, 0.25) is 5.02 Å². The third kappa shape index (κ3) is 1.97. The van der Waals surface area contributed by atoms with Crippen LogP contribution in [-0.4, -0.2) is 22.4 Å². The minimum atomic E-state index is -0.625. The minimum Gasteiger partial charge on any atom is -0.323 e. The maximum Gasteiger partial charge on any atom is 0.325 e. The first-order valence-corrected chi connectivity index (χ1v) is 9.60. The number of nitrogens with zero attached hydrogens (tertiary/aromatic N) is 1. The topological polar surface area (TPSA) is 49.4 Å². The quantitative estimate of drug-likeness (QED) is 0.832. The van der Waals surface area contributed by atoms with Crippen molar-refractivity contribution in [2.24, 2.45) is 11.8 Å². The molecule has 2 heterocycles. The lowest BCUT2D eigenvalue weighted by Gasteiger charge is -2.26. The van der Waals surface area contributed by atoms with Gasteiger partial charge < -0.3 is 5.32 Å². The highest BCUT2D eigenvalue weighted by Crippen LogP contribution is 2.54. The number of hydrogen-bond donors (Lipinski definition) is 1. The lowest BCUT2D eigenvalue weighted by molar-refractivity contribution is -0.133. The van der Waals surface area contributed by atoms with E-state index in [-0.39, 0.29) is 18.5 Å². The summed E-state index contributed by atoms with van der Waals surface area (Å²) in [6.07, 6.45) is 4.17. The molecule has 0 atom stereocenters. The number of nitrogens with one attached hydrogen (secondary N) is 1. The molecule has 1 aromatic carbocycles. The van der Waals surface area contributed by atoms with E-state index in [4.69, 9.17) is 11.6 Å². The molecule has 3 fully saturated rings. The Labute approximate surface area is 148 Å². The van der Waals surface area contributed by atoms with Crippen molar-refractivity contribution < 1.29 is 9.59 Å². The number of carbonyl (C=O) groups excluding carboxylic acids is 2. The van der Waals surface area contributed by atoms with Crippen molar-refractivity contribution in [2.45, 2.75) is 37.8 Å². The summed E-state index contributed by atoms with van der Waals surface area (Å²) in [6.45, 7) is 0.268. The maximum atomic E-state index is 13.1. The van der Waals surface area contributed by atoms with Crippen LogP contribution in [0.25, 0.3) is 10.1 Å². The fourth-order valence-electron chi connectivity index (χ4n) is 4.03. The first kappa shape index (κ1) is 14.7. The number of benzene rings is 1. The molecule has 0 bridgehead atoms. The van der Waals surface area contributed by atoms with E-state index in [9.17, 15) is 9.59 Å². The SMILES string of the molecule is O=C1NC(C2CC2)(C2CC2)C(=O)N1Cc1sc2ccccc2c1Cl. The predicted molar refractivity (Wildman–Crippen MR) is 94.1 cm³/mol. The molecule has 6 heteroatoms. The molecule has 1 N–H and O–H groups in total. The largest absolute Gasteiger partial charge is 0.325 e. The molecule has 124 valence electrons. The van der Waals surface area contributed by atoms with E-state index in [1.54, 1.807) is 11.3 Å². The molecule has 1 aliphatic heterocycles. The highest BCUT2D eigenvalue weighted by molar-refractivity contribution is 7.19. The number of urea groups is 1. The van der Waals surface area contributed by atoms with E-state index in [1.807, 2.05) is 24.3 Å². The number of imide groups is 1. The van der Waals surface area contributed by atoms with Gasteiger partial charge in [-0.05, 0) is 43.6 Å². The van der Waals surface area contributed by atoms with E-state index < -0.39 is 5.54 Å². The molecule has 24 heavy (non-hydrogen) atoms. The van der Waals surface area contributed by atoms with Crippen LogP contribution in [0.15, 0.2) is 24.3 Å². The summed E-state index contributed by atoms with van der Waals surface area (Å²) in [7, 11) is 0. The number of hydrogen-bond acceptors (Lipinski definition) is 3. The molecule has 4 nitrogen and oxygen atoms in total. The Bertz CT molecular complexity index is 857. The smallest absolute Gasteiger partial charge is 0.323 e. The molecular weight excluding hydrogens is 344 g/mol. The summed E-state index contributed by atoms with van der Waals surface area (Å²) in [5.74, 6) is 0.611. The molecule has 3 amide bonds. The molecule has 1 aromatic heterocycles. The van der Waals surface area contributed by atoms with Gasteiger partial charge in [-0.15, -0.1) is 11.3 Å². The zero-order valence-corrected chi connectivity index (χ0v) is 14.6. The number of thiophene rings is 1. The maximum absolute atomic E-state index is 13.1. The summed E-state index contributed by atoms with van der Waals surface area (Å²) in [5, 5.41) is 4.71. The summed E-state index contributed by atoms with van der Waals surface area (Å²) in [4.78, 5) is 27.9. The molecule has 3 aliphatic rings. The average Bonchev–Trinajstić information content (AvgIpc) is 3.48. The van der Waals surface area contributed by atoms with E-state index in [1.165, 1.54) is 4.90 Å². The van der Waals surface area contributed by atoms with Gasteiger partial charge in [0.2, 0.25) is 0 Å². The molecule has 0 unspecified atom stereocenters. The molecule has 0 spiro atoms. The van der Waals surface area contributed by atoms with Gasteiger partial charge in [0.25, 0.3) is 5.91 Å². The Hall–Kier alpha value is -1.59. The van der Waals surface area contributed by atoms with Crippen molar-refractivity contribution in [3.05, 3.63) is 34.2 Å². The summed E-state index contributed by atoms with van der Waals surface area (Å²) in [6, 6.07) is 7.65. The summed E-state index contributed by atoms with van der Waals surface area (Å²) < 4.78 is 1.08. The van der Waals surface area contributed by atoms with Crippen LogP contribution in [0.1, 0.15) is 30.6 Å². The number of halogens is 1. The highest BCUT2D eigenvalue weighted by atomic mass is 35.5.